The van der Waals surface area contributed by atoms with Crippen LogP contribution in [0.1, 0.15) is 37.1 Å². The number of aromatic nitrogens is 1. The van der Waals surface area contributed by atoms with Crippen molar-refractivity contribution in [3.63, 3.8) is 0 Å². The van der Waals surface area contributed by atoms with Crippen molar-refractivity contribution in [1.29, 1.82) is 0 Å². The zero-order valence-electron chi connectivity index (χ0n) is 11.6. The van der Waals surface area contributed by atoms with Crippen molar-refractivity contribution in [2.45, 2.75) is 38.5 Å². The molecule has 0 amide bonds. The summed E-state index contributed by atoms with van der Waals surface area (Å²) in [5.74, 6) is 0.814. The van der Waals surface area contributed by atoms with Crippen LogP contribution >= 0.6 is 34.5 Å². The summed E-state index contributed by atoms with van der Waals surface area (Å²) >= 11 is 13.6. The van der Waals surface area contributed by atoms with Crippen molar-refractivity contribution in [3.05, 3.63) is 32.6 Å². The normalized spacial score (nSPS) is 15.7. The fraction of sp³-hybridized carbons (Fsp3) is 0.438. The lowest BCUT2D eigenvalue weighted by molar-refractivity contribution is 0.476. The van der Waals surface area contributed by atoms with Gasteiger partial charge in [0, 0.05) is 10.9 Å². The van der Waals surface area contributed by atoms with Gasteiger partial charge in [0.25, 0.3) is 0 Å². The number of halogens is 2. The molecule has 0 atom stereocenters. The molecule has 0 spiro atoms. The summed E-state index contributed by atoms with van der Waals surface area (Å²) in [5.41, 5.74) is 1.73. The molecule has 0 aliphatic heterocycles. The number of aromatic hydroxyl groups is 1. The molecule has 0 bridgehead atoms. The highest BCUT2D eigenvalue weighted by Gasteiger charge is 2.16. The minimum absolute atomic E-state index is 0.0706. The highest BCUT2D eigenvalue weighted by atomic mass is 35.5. The molecule has 2 nitrogen and oxygen atoms in total. The Morgan fingerprint density at radius 2 is 1.86 bits per heavy atom. The Balaban J connectivity index is 1.72. The van der Waals surface area contributed by atoms with Crippen molar-refractivity contribution in [3.8, 4) is 17.0 Å². The van der Waals surface area contributed by atoms with Crippen LogP contribution in [0.5, 0.6) is 5.75 Å². The molecule has 1 heterocycles. The van der Waals surface area contributed by atoms with Crippen molar-refractivity contribution in [2.75, 3.05) is 0 Å². The van der Waals surface area contributed by atoms with Crippen LogP contribution < -0.4 is 0 Å². The van der Waals surface area contributed by atoms with Gasteiger partial charge in [-0.2, -0.15) is 0 Å². The molecule has 3 rings (SSSR count). The Labute approximate surface area is 138 Å². The quantitative estimate of drug-likeness (QED) is 0.745. The summed E-state index contributed by atoms with van der Waals surface area (Å²) in [7, 11) is 0. The van der Waals surface area contributed by atoms with Crippen LogP contribution in [-0.4, -0.2) is 10.1 Å². The van der Waals surface area contributed by atoms with Gasteiger partial charge in [0.05, 0.1) is 20.7 Å². The predicted octanol–water partition coefficient (Wildman–Crippen LogP) is 5.95. The van der Waals surface area contributed by atoms with Gasteiger partial charge in [-0.3, -0.25) is 0 Å². The SMILES string of the molecule is Oc1c(Cl)cc(-c2csc(CCC3CCCC3)n2)cc1Cl. The second-order valence-electron chi connectivity index (χ2n) is 5.60. The largest absolute Gasteiger partial charge is 0.505 e. The zero-order valence-corrected chi connectivity index (χ0v) is 13.9. The van der Waals surface area contributed by atoms with Gasteiger partial charge in [0.15, 0.2) is 5.75 Å². The van der Waals surface area contributed by atoms with Crippen molar-refractivity contribution >= 4 is 34.5 Å². The molecule has 0 unspecified atom stereocenters. The van der Waals surface area contributed by atoms with Crippen molar-refractivity contribution in [2.24, 2.45) is 5.92 Å². The average Bonchev–Trinajstić information content (AvgIpc) is 3.13. The minimum Gasteiger partial charge on any atom is -0.505 e. The molecule has 2 aromatic rings. The zero-order chi connectivity index (χ0) is 14.8. The van der Waals surface area contributed by atoms with E-state index in [0.717, 1.165) is 28.6 Å². The van der Waals surface area contributed by atoms with E-state index in [9.17, 15) is 5.11 Å². The molecule has 1 aliphatic rings. The number of phenolic OH excluding ortho intramolecular Hbond substituents is 1. The van der Waals surface area contributed by atoms with Crippen LogP contribution in [0.15, 0.2) is 17.5 Å². The highest BCUT2D eigenvalue weighted by Crippen LogP contribution is 2.37. The highest BCUT2D eigenvalue weighted by molar-refractivity contribution is 7.09. The summed E-state index contributed by atoms with van der Waals surface area (Å²) in [4.78, 5) is 4.67. The second-order valence-corrected chi connectivity index (χ2v) is 7.36. The van der Waals surface area contributed by atoms with Gasteiger partial charge in [-0.15, -0.1) is 11.3 Å². The van der Waals surface area contributed by atoms with Gasteiger partial charge in [0.1, 0.15) is 0 Å². The van der Waals surface area contributed by atoms with Crippen LogP contribution in [0.25, 0.3) is 11.3 Å². The number of phenols is 1. The number of hydrogen-bond acceptors (Lipinski definition) is 3. The smallest absolute Gasteiger partial charge is 0.152 e. The summed E-state index contributed by atoms with van der Waals surface area (Å²) in [6.45, 7) is 0. The Morgan fingerprint density at radius 1 is 1.19 bits per heavy atom. The van der Waals surface area contributed by atoms with E-state index < -0.39 is 0 Å². The van der Waals surface area contributed by atoms with Crippen molar-refractivity contribution in [1.82, 2.24) is 4.98 Å². The topological polar surface area (TPSA) is 33.1 Å². The second kappa shape index (κ2) is 6.55. The third-order valence-corrected chi connectivity index (χ3v) is 5.59. The molecule has 1 aromatic carbocycles. The van der Waals surface area contributed by atoms with E-state index >= 15 is 0 Å². The van der Waals surface area contributed by atoms with Gasteiger partial charge >= 0.3 is 0 Å². The van der Waals surface area contributed by atoms with Gasteiger partial charge in [-0.1, -0.05) is 48.9 Å². The molecule has 0 saturated heterocycles. The number of hydrogen-bond donors (Lipinski definition) is 1. The Bertz CT molecular complexity index is 612. The standard InChI is InChI=1S/C16H17Cl2NOS/c17-12-7-11(8-13(18)16(12)20)14-9-21-15(19-14)6-5-10-3-1-2-4-10/h7-10,20H,1-6H2. The molecule has 1 aliphatic carbocycles. The van der Waals surface area contributed by atoms with E-state index in [1.807, 2.05) is 5.38 Å². The number of rotatable bonds is 4. The fourth-order valence-corrected chi connectivity index (χ4v) is 4.21. The number of benzene rings is 1. The van der Waals surface area contributed by atoms with Gasteiger partial charge in [-0.05, 0) is 30.9 Å². The maximum absolute atomic E-state index is 9.61. The lowest BCUT2D eigenvalue weighted by Crippen LogP contribution is -1.95. The van der Waals surface area contributed by atoms with Crippen LogP contribution in [0, 0.1) is 5.92 Å². The first-order valence-corrected chi connectivity index (χ1v) is 8.90. The van der Waals surface area contributed by atoms with Crippen LogP contribution in [0.3, 0.4) is 0 Å². The first-order chi connectivity index (χ1) is 10.1. The van der Waals surface area contributed by atoms with E-state index in [1.165, 1.54) is 32.1 Å². The lowest BCUT2D eigenvalue weighted by atomic mass is 10.0. The molecule has 1 saturated carbocycles. The van der Waals surface area contributed by atoms with Crippen LogP contribution in [-0.2, 0) is 6.42 Å². The number of nitrogens with zero attached hydrogens (tertiary/aromatic N) is 1. The van der Waals surface area contributed by atoms with E-state index in [4.69, 9.17) is 23.2 Å². The Morgan fingerprint density at radius 3 is 2.52 bits per heavy atom. The monoisotopic (exact) mass is 341 g/mol. The third kappa shape index (κ3) is 3.53. The number of thiazole rings is 1. The summed E-state index contributed by atoms with van der Waals surface area (Å²) in [6, 6.07) is 3.41. The molecular weight excluding hydrogens is 325 g/mol. The van der Waals surface area contributed by atoms with E-state index in [0.29, 0.717) is 0 Å². The molecule has 1 fully saturated rings. The molecule has 1 N–H and O–H groups in total. The van der Waals surface area contributed by atoms with E-state index in [-0.39, 0.29) is 15.8 Å². The molecule has 1 aromatic heterocycles. The van der Waals surface area contributed by atoms with E-state index in [2.05, 4.69) is 4.98 Å². The molecule has 5 heteroatoms. The molecule has 112 valence electrons. The minimum atomic E-state index is -0.0706. The first-order valence-electron chi connectivity index (χ1n) is 7.26. The third-order valence-electron chi connectivity index (χ3n) is 4.11. The lowest BCUT2D eigenvalue weighted by Gasteiger charge is -2.06. The van der Waals surface area contributed by atoms with Gasteiger partial charge < -0.3 is 5.11 Å². The molecule has 0 radical (unpaired) electrons. The van der Waals surface area contributed by atoms with Crippen LogP contribution in [0.2, 0.25) is 10.0 Å². The Hall–Kier alpha value is -0.770. The van der Waals surface area contributed by atoms with Crippen LogP contribution in [0.4, 0.5) is 0 Å². The number of aryl methyl sites for hydroxylation is 1. The first kappa shape index (κ1) is 15.1. The van der Waals surface area contributed by atoms with Crippen molar-refractivity contribution < 1.29 is 5.11 Å². The Kier molecular flexibility index (Phi) is 4.72. The molecular formula is C16H17Cl2NOS. The summed E-state index contributed by atoms with van der Waals surface area (Å²) < 4.78 is 0. The van der Waals surface area contributed by atoms with Gasteiger partial charge in [-0.25, -0.2) is 4.98 Å². The maximum Gasteiger partial charge on any atom is 0.152 e. The summed E-state index contributed by atoms with van der Waals surface area (Å²) in [6.07, 6.45) is 7.82. The molecule has 21 heavy (non-hydrogen) atoms. The summed E-state index contributed by atoms with van der Waals surface area (Å²) in [5, 5.41) is 13.3. The fourth-order valence-electron chi connectivity index (χ4n) is 2.90. The van der Waals surface area contributed by atoms with Gasteiger partial charge in [0.2, 0.25) is 0 Å². The van der Waals surface area contributed by atoms with E-state index in [1.54, 1.807) is 23.5 Å². The predicted molar refractivity (Wildman–Crippen MR) is 89.5 cm³/mol. The average molecular weight is 342 g/mol. The maximum atomic E-state index is 9.61.